The molecule has 1 aliphatic heterocycles. The lowest BCUT2D eigenvalue weighted by molar-refractivity contribution is -0.0978. The maximum atomic E-state index is 13.1. The molecule has 0 amide bonds. The fourth-order valence-corrected chi connectivity index (χ4v) is 1.45. The summed E-state index contributed by atoms with van der Waals surface area (Å²) in [7, 11) is 0. The largest absolute Gasteiger partial charge is 0.381 e. The number of halogens is 2. The highest BCUT2D eigenvalue weighted by Gasteiger charge is 2.51. The van der Waals surface area contributed by atoms with Gasteiger partial charge in [0.15, 0.2) is 0 Å². The molecular formula is C8H11F2NO2. The van der Waals surface area contributed by atoms with E-state index in [4.69, 9.17) is 4.74 Å². The molecule has 1 rings (SSSR count). The second kappa shape index (κ2) is 3.52. The summed E-state index contributed by atoms with van der Waals surface area (Å²) >= 11 is 0. The van der Waals surface area contributed by atoms with Gasteiger partial charge in [0.2, 0.25) is 6.08 Å². The van der Waals surface area contributed by atoms with E-state index < -0.39 is 11.5 Å². The number of aliphatic imine (C=N–C) groups is 1. The predicted octanol–water partition coefficient (Wildman–Crippen LogP) is 1.53. The Labute approximate surface area is 74.8 Å². The molecule has 0 atom stereocenters. The van der Waals surface area contributed by atoms with Crippen LogP contribution in [0.5, 0.6) is 0 Å². The summed E-state index contributed by atoms with van der Waals surface area (Å²) in [4.78, 5) is 13.3. The summed E-state index contributed by atoms with van der Waals surface area (Å²) in [5.74, 6) is -2.99. The van der Waals surface area contributed by atoms with Crippen molar-refractivity contribution < 1.29 is 18.3 Å². The van der Waals surface area contributed by atoms with Gasteiger partial charge in [0, 0.05) is 33.0 Å². The van der Waals surface area contributed by atoms with Crippen LogP contribution in [0.3, 0.4) is 0 Å². The molecule has 0 unspecified atom stereocenters. The van der Waals surface area contributed by atoms with Crippen molar-refractivity contribution >= 4 is 6.08 Å². The van der Waals surface area contributed by atoms with Gasteiger partial charge in [-0.25, -0.2) is 13.6 Å². The SMILES string of the molecule is CC(F)(F)C1(N=C=O)CCOCC1. The summed E-state index contributed by atoms with van der Waals surface area (Å²) in [5, 5.41) is 0. The standard InChI is InChI=1S/C8H11F2NO2/c1-7(9,10)8(11-6-12)2-4-13-5-3-8/h2-5H2,1H3. The topological polar surface area (TPSA) is 38.7 Å². The van der Waals surface area contributed by atoms with Crippen molar-refractivity contribution in [2.75, 3.05) is 13.2 Å². The zero-order valence-corrected chi connectivity index (χ0v) is 7.35. The Hall–Kier alpha value is -0.800. The third-order valence-electron chi connectivity index (χ3n) is 2.40. The highest BCUT2D eigenvalue weighted by atomic mass is 19.3. The van der Waals surface area contributed by atoms with Crippen molar-refractivity contribution in [1.82, 2.24) is 0 Å². The van der Waals surface area contributed by atoms with Crippen LogP contribution in [0.1, 0.15) is 19.8 Å². The van der Waals surface area contributed by atoms with Crippen LogP contribution in [0, 0.1) is 0 Å². The number of alkyl halides is 2. The lowest BCUT2D eigenvalue weighted by Gasteiger charge is -2.36. The summed E-state index contributed by atoms with van der Waals surface area (Å²) in [6.07, 6.45) is 1.37. The van der Waals surface area contributed by atoms with Gasteiger partial charge < -0.3 is 4.74 Å². The maximum absolute atomic E-state index is 13.1. The van der Waals surface area contributed by atoms with Crippen molar-refractivity contribution in [3.05, 3.63) is 0 Å². The quantitative estimate of drug-likeness (QED) is 0.490. The molecule has 0 N–H and O–H groups in total. The van der Waals surface area contributed by atoms with E-state index in [9.17, 15) is 13.6 Å². The van der Waals surface area contributed by atoms with Crippen molar-refractivity contribution in [2.45, 2.75) is 31.2 Å². The smallest absolute Gasteiger partial charge is 0.271 e. The minimum atomic E-state index is -2.99. The van der Waals surface area contributed by atoms with Crippen LogP contribution in [0.25, 0.3) is 0 Å². The van der Waals surface area contributed by atoms with Gasteiger partial charge in [0.1, 0.15) is 5.54 Å². The zero-order chi connectivity index (χ0) is 9.95. The van der Waals surface area contributed by atoms with E-state index >= 15 is 0 Å². The molecule has 1 aliphatic rings. The highest BCUT2D eigenvalue weighted by Crippen LogP contribution is 2.39. The maximum Gasteiger partial charge on any atom is 0.271 e. The normalized spacial score (nSPS) is 22.1. The van der Waals surface area contributed by atoms with Crippen LogP contribution >= 0.6 is 0 Å². The fraction of sp³-hybridized carbons (Fsp3) is 0.875. The molecule has 0 saturated carbocycles. The van der Waals surface area contributed by atoms with Gasteiger partial charge in [0.25, 0.3) is 5.92 Å². The molecule has 13 heavy (non-hydrogen) atoms. The van der Waals surface area contributed by atoms with E-state index in [0.717, 1.165) is 6.92 Å². The molecule has 0 aromatic rings. The molecule has 74 valence electrons. The lowest BCUT2D eigenvalue weighted by atomic mass is 9.85. The van der Waals surface area contributed by atoms with Crippen LogP contribution in [0.15, 0.2) is 4.99 Å². The van der Waals surface area contributed by atoms with Crippen LogP contribution in [0.2, 0.25) is 0 Å². The monoisotopic (exact) mass is 191 g/mol. The fourth-order valence-electron chi connectivity index (χ4n) is 1.45. The first-order chi connectivity index (χ1) is 6.02. The molecule has 0 aromatic heterocycles. The van der Waals surface area contributed by atoms with Gasteiger partial charge in [-0.05, 0) is 0 Å². The van der Waals surface area contributed by atoms with E-state index in [2.05, 4.69) is 4.99 Å². The molecular weight excluding hydrogens is 180 g/mol. The molecule has 0 spiro atoms. The van der Waals surface area contributed by atoms with Crippen LogP contribution in [0.4, 0.5) is 8.78 Å². The van der Waals surface area contributed by atoms with Crippen molar-refractivity contribution in [1.29, 1.82) is 0 Å². The first-order valence-corrected chi connectivity index (χ1v) is 4.06. The molecule has 5 heteroatoms. The minimum absolute atomic E-state index is 0.0751. The molecule has 0 bridgehead atoms. The third kappa shape index (κ3) is 1.92. The van der Waals surface area contributed by atoms with Crippen LogP contribution < -0.4 is 0 Å². The molecule has 0 radical (unpaired) electrons. The van der Waals surface area contributed by atoms with Gasteiger partial charge in [-0.2, -0.15) is 4.99 Å². The Kier molecular flexibility index (Phi) is 2.78. The first kappa shape index (κ1) is 10.3. The molecule has 0 aliphatic carbocycles. The Balaban J connectivity index is 2.92. The second-order valence-electron chi connectivity index (χ2n) is 3.24. The van der Waals surface area contributed by atoms with E-state index in [1.807, 2.05) is 0 Å². The number of nitrogens with zero attached hydrogens (tertiary/aromatic N) is 1. The number of rotatable bonds is 2. The summed E-state index contributed by atoms with van der Waals surface area (Å²) < 4.78 is 31.2. The Morgan fingerprint density at radius 3 is 2.38 bits per heavy atom. The lowest BCUT2D eigenvalue weighted by Crippen LogP contribution is -2.48. The minimum Gasteiger partial charge on any atom is -0.381 e. The first-order valence-electron chi connectivity index (χ1n) is 4.06. The van der Waals surface area contributed by atoms with Gasteiger partial charge >= 0.3 is 0 Å². The average molecular weight is 191 g/mol. The second-order valence-corrected chi connectivity index (χ2v) is 3.24. The molecule has 1 saturated heterocycles. The molecule has 1 heterocycles. The summed E-state index contributed by atoms with van der Waals surface area (Å²) in [6.45, 7) is 1.21. The number of ether oxygens (including phenoxy) is 1. The van der Waals surface area contributed by atoms with Crippen molar-refractivity contribution in [3.8, 4) is 0 Å². The summed E-state index contributed by atoms with van der Waals surface area (Å²) in [6, 6.07) is 0. The van der Waals surface area contributed by atoms with E-state index in [1.165, 1.54) is 6.08 Å². The van der Waals surface area contributed by atoms with Gasteiger partial charge in [-0.1, -0.05) is 0 Å². The van der Waals surface area contributed by atoms with Crippen LogP contribution in [-0.4, -0.2) is 30.8 Å². The van der Waals surface area contributed by atoms with Gasteiger partial charge in [0.05, 0.1) is 0 Å². The van der Waals surface area contributed by atoms with E-state index in [1.54, 1.807) is 0 Å². The number of hydrogen-bond donors (Lipinski definition) is 0. The third-order valence-corrected chi connectivity index (χ3v) is 2.40. The van der Waals surface area contributed by atoms with Crippen molar-refractivity contribution in [3.63, 3.8) is 0 Å². The molecule has 1 fully saturated rings. The summed E-state index contributed by atoms with van der Waals surface area (Å²) in [5.41, 5.74) is -1.59. The Bertz CT molecular complexity index is 225. The molecule has 0 aromatic carbocycles. The Morgan fingerprint density at radius 2 is 2.00 bits per heavy atom. The van der Waals surface area contributed by atoms with E-state index in [0.29, 0.717) is 0 Å². The zero-order valence-electron chi connectivity index (χ0n) is 7.35. The Morgan fingerprint density at radius 1 is 1.46 bits per heavy atom. The van der Waals surface area contributed by atoms with Crippen molar-refractivity contribution in [2.24, 2.45) is 4.99 Å². The van der Waals surface area contributed by atoms with Crippen LogP contribution in [-0.2, 0) is 9.53 Å². The predicted molar refractivity (Wildman–Crippen MR) is 41.5 cm³/mol. The van der Waals surface area contributed by atoms with Gasteiger partial charge in [-0.15, -0.1) is 0 Å². The van der Waals surface area contributed by atoms with E-state index in [-0.39, 0.29) is 26.1 Å². The van der Waals surface area contributed by atoms with Gasteiger partial charge in [-0.3, -0.25) is 0 Å². The average Bonchev–Trinajstić information content (AvgIpc) is 2.04. The highest BCUT2D eigenvalue weighted by molar-refractivity contribution is 5.35. The number of hydrogen-bond acceptors (Lipinski definition) is 3. The number of isocyanates is 1. The molecule has 3 nitrogen and oxygen atoms in total. The number of carbonyl (C=O) groups excluding carboxylic acids is 1.